The van der Waals surface area contributed by atoms with Gasteiger partial charge < -0.3 is 19.9 Å². The van der Waals surface area contributed by atoms with E-state index in [9.17, 15) is 18.4 Å². The summed E-state index contributed by atoms with van der Waals surface area (Å²) in [6, 6.07) is 11.6. The second-order valence-corrected chi connectivity index (χ2v) is 7.60. The van der Waals surface area contributed by atoms with Gasteiger partial charge in [0.25, 0.3) is 0 Å². The molecule has 0 unspecified atom stereocenters. The Morgan fingerprint density at radius 1 is 1.30 bits per heavy atom. The number of nitrogens with one attached hydrogen (secondary N) is 2. The van der Waals surface area contributed by atoms with E-state index in [4.69, 9.17) is 0 Å². The number of rotatable bonds is 7. The molecule has 10 heteroatoms. The van der Waals surface area contributed by atoms with Crippen molar-refractivity contribution < 1.29 is 23.1 Å². The molecule has 0 aliphatic carbocycles. The van der Waals surface area contributed by atoms with Gasteiger partial charge in [-0.3, -0.25) is 9.59 Å². The summed E-state index contributed by atoms with van der Waals surface area (Å²) in [5.74, 6) is -0.00694. The molecule has 3 aromatic rings. The lowest BCUT2D eigenvalue weighted by Gasteiger charge is -2.16. The van der Waals surface area contributed by atoms with Crippen LogP contribution in [0.2, 0.25) is 0 Å². The molecule has 2 N–H and O–H groups in total. The van der Waals surface area contributed by atoms with Crippen LogP contribution in [-0.2, 0) is 9.59 Å². The SMILES string of the molecule is O=C(CSc1nc2ccc(OC(F)F)cc2[nH]1)Nc1cccc(N2CCCC2=O)c1. The van der Waals surface area contributed by atoms with E-state index >= 15 is 0 Å². The number of halogens is 2. The smallest absolute Gasteiger partial charge is 0.387 e. The second kappa shape index (κ2) is 8.70. The van der Waals surface area contributed by atoms with Gasteiger partial charge in [-0.15, -0.1) is 0 Å². The van der Waals surface area contributed by atoms with Gasteiger partial charge >= 0.3 is 6.61 Å². The van der Waals surface area contributed by atoms with Crippen molar-refractivity contribution >= 4 is 46.0 Å². The van der Waals surface area contributed by atoms with Gasteiger partial charge in [0, 0.05) is 30.4 Å². The maximum Gasteiger partial charge on any atom is 0.387 e. The van der Waals surface area contributed by atoms with Crippen molar-refractivity contribution in [3.8, 4) is 5.75 Å². The molecule has 1 fully saturated rings. The number of benzene rings is 2. The van der Waals surface area contributed by atoms with E-state index in [1.54, 1.807) is 29.2 Å². The highest BCUT2D eigenvalue weighted by molar-refractivity contribution is 7.99. The van der Waals surface area contributed by atoms with Crippen LogP contribution >= 0.6 is 11.8 Å². The van der Waals surface area contributed by atoms with E-state index in [0.717, 1.165) is 12.1 Å². The van der Waals surface area contributed by atoms with E-state index < -0.39 is 6.61 Å². The van der Waals surface area contributed by atoms with Gasteiger partial charge in [-0.05, 0) is 36.8 Å². The fourth-order valence-corrected chi connectivity index (χ4v) is 3.90. The number of anilines is 2. The van der Waals surface area contributed by atoms with Crippen LogP contribution in [-0.4, -0.2) is 40.7 Å². The fraction of sp³-hybridized carbons (Fsp3) is 0.250. The van der Waals surface area contributed by atoms with Crippen LogP contribution in [0.15, 0.2) is 47.6 Å². The number of hydrogen-bond acceptors (Lipinski definition) is 5. The van der Waals surface area contributed by atoms with Gasteiger partial charge in [-0.2, -0.15) is 8.78 Å². The summed E-state index contributed by atoms with van der Waals surface area (Å²) in [5.41, 5.74) is 2.50. The lowest BCUT2D eigenvalue weighted by atomic mass is 10.2. The fourth-order valence-electron chi connectivity index (χ4n) is 3.21. The Morgan fingerprint density at radius 3 is 2.93 bits per heavy atom. The molecule has 7 nitrogen and oxygen atoms in total. The molecule has 156 valence electrons. The van der Waals surface area contributed by atoms with Crippen molar-refractivity contribution in [1.82, 2.24) is 9.97 Å². The van der Waals surface area contributed by atoms with Crippen molar-refractivity contribution in [3.05, 3.63) is 42.5 Å². The molecule has 0 bridgehead atoms. The Labute approximate surface area is 174 Å². The zero-order valence-corrected chi connectivity index (χ0v) is 16.5. The number of hydrogen-bond donors (Lipinski definition) is 2. The van der Waals surface area contributed by atoms with Crippen LogP contribution in [0, 0.1) is 0 Å². The number of aromatic nitrogens is 2. The molecule has 0 atom stereocenters. The molecular weight excluding hydrogens is 414 g/mol. The number of imidazole rings is 1. The maximum atomic E-state index is 12.3. The molecule has 0 saturated carbocycles. The maximum absolute atomic E-state index is 12.3. The Balaban J connectivity index is 1.36. The zero-order valence-electron chi connectivity index (χ0n) is 15.7. The first-order valence-corrected chi connectivity index (χ1v) is 10.2. The quantitative estimate of drug-likeness (QED) is 0.551. The first kappa shape index (κ1) is 20.1. The molecule has 1 saturated heterocycles. The van der Waals surface area contributed by atoms with Crippen LogP contribution < -0.4 is 15.0 Å². The van der Waals surface area contributed by atoms with E-state index in [2.05, 4.69) is 20.0 Å². The molecule has 1 aliphatic rings. The predicted molar refractivity (Wildman–Crippen MR) is 110 cm³/mol. The third kappa shape index (κ3) is 4.70. The number of nitrogens with zero attached hydrogens (tertiary/aromatic N) is 2. The molecule has 2 heterocycles. The number of ether oxygens (including phenoxy) is 1. The number of H-pyrrole nitrogens is 1. The second-order valence-electron chi connectivity index (χ2n) is 6.64. The topological polar surface area (TPSA) is 87.3 Å². The monoisotopic (exact) mass is 432 g/mol. The van der Waals surface area contributed by atoms with Gasteiger partial charge in [0.05, 0.1) is 16.8 Å². The van der Waals surface area contributed by atoms with Crippen LogP contribution in [0.3, 0.4) is 0 Å². The molecular formula is C20H18F2N4O3S. The molecule has 0 spiro atoms. The van der Waals surface area contributed by atoms with Crippen molar-refractivity contribution in [1.29, 1.82) is 0 Å². The number of fused-ring (bicyclic) bond motifs is 1. The van der Waals surface area contributed by atoms with Gasteiger partial charge in [-0.1, -0.05) is 17.8 Å². The van der Waals surface area contributed by atoms with E-state index in [1.807, 2.05) is 6.07 Å². The summed E-state index contributed by atoms with van der Waals surface area (Å²) in [7, 11) is 0. The minimum Gasteiger partial charge on any atom is -0.435 e. The van der Waals surface area contributed by atoms with Crippen LogP contribution in [0.1, 0.15) is 12.8 Å². The molecule has 0 radical (unpaired) electrons. The lowest BCUT2D eigenvalue weighted by Crippen LogP contribution is -2.23. The predicted octanol–water partition coefficient (Wildman–Crippen LogP) is 4.02. The Bertz CT molecular complexity index is 1090. The lowest BCUT2D eigenvalue weighted by molar-refractivity contribution is -0.117. The highest BCUT2D eigenvalue weighted by Gasteiger charge is 2.21. The zero-order chi connectivity index (χ0) is 21.1. The van der Waals surface area contributed by atoms with E-state index in [-0.39, 0.29) is 23.3 Å². The molecule has 2 aromatic carbocycles. The molecule has 1 aliphatic heterocycles. The minimum absolute atomic E-state index is 0.0341. The van der Waals surface area contributed by atoms with Crippen molar-refractivity contribution in [2.45, 2.75) is 24.6 Å². The Hall–Kier alpha value is -3.14. The Morgan fingerprint density at radius 2 is 2.17 bits per heavy atom. The molecule has 30 heavy (non-hydrogen) atoms. The van der Waals surface area contributed by atoms with E-state index in [0.29, 0.717) is 34.8 Å². The standard InChI is InChI=1S/C20H18F2N4O3S/c21-19(22)29-14-6-7-15-16(10-14)25-20(24-15)30-11-17(27)23-12-3-1-4-13(9-12)26-8-2-5-18(26)28/h1,3-4,6-7,9-10,19H,2,5,8,11H2,(H,23,27)(H,24,25). The summed E-state index contributed by atoms with van der Waals surface area (Å²) >= 11 is 1.19. The summed E-state index contributed by atoms with van der Waals surface area (Å²) in [5, 5.41) is 3.30. The molecule has 1 aromatic heterocycles. The first-order valence-electron chi connectivity index (χ1n) is 9.25. The number of carbonyl (C=O) groups excluding carboxylic acids is 2. The normalized spacial score (nSPS) is 14.0. The largest absolute Gasteiger partial charge is 0.435 e. The summed E-state index contributed by atoms with van der Waals surface area (Å²) < 4.78 is 29.0. The highest BCUT2D eigenvalue weighted by atomic mass is 32.2. The van der Waals surface area contributed by atoms with E-state index in [1.165, 1.54) is 23.9 Å². The average Bonchev–Trinajstić information content (AvgIpc) is 3.31. The minimum atomic E-state index is -2.90. The van der Waals surface area contributed by atoms with Crippen LogP contribution in [0.4, 0.5) is 20.2 Å². The molecule has 2 amide bonds. The van der Waals surface area contributed by atoms with Crippen molar-refractivity contribution in [2.24, 2.45) is 0 Å². The number of carbonyl (C=O) groups is 2. The van der Waals surface area contributed by atoms with Gasteiger partial charge in [0.2, 0.25) is 11.8 Å². The third-order valence-electron chi connectivity index (χ3n) is 4.51. The summed E-state index contributed by atoms with van der Waals surface area (Å²) in [6.07, 6.45) is 1.37. The number of amides is 2. The first-order chi connectivity index (χ1) is 14.5. The molecule has 4 rings (SSSR count). The summed E-state index contributed by atoms with van der Waals surface area (Å²) in [4.78, 5) is 33.2. The average molecular weight is 432 g/mol. The van der Waals surface area contributed by atoms with Gasteiger partial charge in [-0.25, -0.2) is 4.98 Å². The van der Waals surface area contributed by atoms with Gasteiger partial charge in [0.1, 0.15) is 5.75 Å². The highest BCUT2D eigenvalue weighted by Crippen LogP contribution is 2.26. The Kier molecular flexibility index (Phi) is 5.84. The third-order valence-corrected chi connectivity index (χ3v) is 5.39. The number of thioether (sulfide) groups is 1. The van der Waals surface area contributed by atoms with Crippen molar-refractivity contribution in [2.75, 3.05) is 22.5 Å². The number of aromatic amines is 1. The van der Waals surface area contributed by atoms with Gasteiger partial charge in [0.15, 0.2) is 5.16 Å². The summed E-state index contributed by atoms with van der Waals surface area (Å²) in [6.45, 7) is -2.22. The van der Waals surface area contributed by atoms with Crippen molar-refractivity contribution in [3.63, 3.8) is 0 Å². The van der Waals surface area contributed by atoms with Crippen LogP contribution in [0.25, 0.3) is 11.0 Å². The van der Waals surface area contributed by atoms with Crippen LogP contribution in [0.5, 0.6) is 5.75 Å². The number of alkyl halides is 2.